The summed E-state index contributed by atoms with van der Waals surface area (Å²) >= 11 is 0. The van der Waals surface area contributed by atoms with Gasteiger partial charge in [0.2, 0.25) is 11.7 Å². The summed E-state index contributed by atoms with van der Waals surface area (Å²) < 4.78 is 5.27. The van der Waals surface area contributed by atoms with E-state index in [1.807, 2.05) is 0 Å². The molecule has 1 heterocycles. The highest BCUT2D eigenvalue weighted by molar-refractivity contribution is 6.31. The molecule has 0 saturated carbocycles. The van der Waals surface area contributed by atoms with E-state index < -0.39 is 58.0 Å². The minimum atomic E-state index is -0.982. The molecule has 5 N–H and O–H groups in total. The zero-order valence-corrected chi connectivity index (χ0v) is 29.4. The Balaban J connectivity index is 1.11. The quantitative estimate of drug-likeness (QED) is 0.0330. The first-order valence-electron chi connectivity index (χ1n) is 17.3. The number of benzene rings is 3. The Hall–Kier alpha value is -6.75. The highest BCUT2D eigenvalue weighted by atomic mass is 16.6. The van der Waals surface area contributed by atoms with Crippen LogP contribution in [0.3, 0.4) is 0 Å². The summed E-state index contributed by atoms with van der Waals surface area (Å²) in [4.78, 5) is 88.2. The van der Waals surface area contributed by atoms with Crippen LogP contribution < -0.4 is 15.5 Å². The molecule has 1 aliphatic heterocycles. The van der Waals surface area contributed by atoms with Crippen LogP contribution in [0.5, 0.6) is 17.2 Å². The van der Waals surface area contributed by atoms with E-state index >= 15 is 0 Å². The number of aromatic hydroxyl groups is 2. The van der Waals surface area contributed by atoms with Gasteiger partial charge >= 0.3 is 0 Å². The second kappa shape index (κ2) is 15.7. The molecule has 6 rings (SSSR count). The van der Waals surface area contributed by atoms with Crippen molar-refractivity contribution in [1.29, 1.82) is 0 Å². The number of nitrogens with one attached hydrogen (secondary N) is 2. The maximum absolute atomic E-state index is 13.6. The summed E-state index contributed by atoms with van der Waals surface area (Å²) in [6.07, 6.45) is 4.26. The predicted octanol–water partition coefficient (Wildman–Crippen LogP) is 3.10. The lowest BCUT2D eigenvalue weighted by Gasteiger charge is -2.30. The van der Waals surface area contributed by atoms with Crippen LogP contribution in [0.25, 0.3) is 0 Å². The molecule has 0 spiro atoms. The van der Waals surface area contributed by atoms with E-state index in [0.717, 1.165) is 17.0 Å². The van der Waals surface area contributed by atoms with E-state index in [9.17, 15) is 54.2 Å². The number of fused-ring (bicyclic) bond motifs is 3. The van der Waals surface area contributed by atoms with Crippen molar-refractivity contribution in [2.24, 2.45) is 11.0 Å². The van der Waals surface area contributed by atoms with Gasteiger partial charge in [-0.25, -0.2) is 5.43 Å². The first-order chi connectivity index (χ1) is 26.4. The Kier molecular flexibility index (Phi) is 10.8. The lowest BCUT2D eigenvalue weighted by atomic mass is 9.74. The molecule has 0 aromatic heterocycles. The number of ketones is 2. The molecule has 0 bridgehead atoms. The smallest absolute Gasteiger partial charge is 0.284 e. The van der Waals surface area contributed by atoms with Gasteiger partial charge in [-0.1, -0.05) is 18.6 Å². The van der Waals surface area contributed by atoms with Crippen molar-refractivity contribution in [1.82, 2.24) is 10.3 Å². The van der Waals surface area contributed by atoms with Crippen LogP contribution in [0.2, 0.25) is 0 Å². The third-order valence-corrected chi connectivity index (χ3v) is 9.87. The van der Waals surface area contributed by atoms with E-state index in [-0.39, 0.29) is 100 Å². The number of methoxy groups -OCH3 is 1. The second-order valence-corrected chi connectivity index (χ2v) is 13.1. The van der Waals surface area contributed by atoms with E-state index in [4.69, 9.17) is 4.74 Å². The van der Waals surface area contributed by atoms with Crippen LogP contribution >= 0.6 is 0 Å². The molecule has 0 fully saturated rings. The van der Waals surface area contributed by atoms with Gasteiger partial charge < -0.3 is 25.4 Å². The number of nitro groups is 1. The number of hydrazone groups is 1. The zero-order chi connectivity index (χ0) is 39.6. The van der Waals surface area contributed by atoms with Crippen molar-refractivity contribution in [2.75, 3.05) is 25.6 Å². The highest BCUT2D eigenvalue weighted by Gasteiger charge is 2.41. The summed E-state index contributed by atoms with van der Waals surface area (Å²) in [5.74, 6) is -4.95. The number of aliphatic hydroxyl groups excluding tert-OH is 1. The zero-order valence-electron chi connectivity index (χ0n) is 29.4. The van der Waals surface area contributed by atoms with Crippen LogP contribution in [-0.4, -0.2) is 86.3 Å². The lowest BCUT2D eigenvalue weighted by Crippen LogP contribution is -2.30. The Labute approximate surface area is 312 Å². The topological polar surface area (TPSA) is 255 Å². The maximum atomic E-state index is 13.6. The number of amides is 4. The molecule has 55 heavy (non-hydrogen) atoms. The number of rotatable bonds is 13. The number of hydrogen-bond acceptors (Lipinski definition) is 13. The molecule has 4 amide bonds. The number of ether oxygens (including phenoxy) is 1. The number of nitrogens with zero attached hydrogens (tertiary/aromatic N) is 3. The molecule has 3 aromatic rings. The number of nitro benzene ring substituents is 1. The van der Waals surface area contributed by atoms with Crippen molar-refractivity contribution in [3.63, 3.8) is 0 Å². The second-order valence-electron chi connectivity index (χ2n) is 13.1. The number of anilines is 1. The number of hydrogen-bond donors (Lipinski definition) is 5. The van der Waals surface area contributed by atoms with E-state index in [2.05, 4.69) is 15.8 Å². The number of carbonyl (C=O) groups excluding carboxylic acids is 6. The fraction of sp³-hybridized carbons (Fsp3) is 0.289. The van der Waals surface area contributed by atoms with Crippen molar-refractivity contribution >= 4 is 52.3 Å². The van der Waals surface area contributed by atoms with Crippen molar-refractivity contribution in [2.45, 2.75) is 44.9 Å². The Bertz CT molecular complexity index is 2230. The number of phenolic OH excluding ortho intramolecular Hbond substituents is 2. The van der Waals surface area contributed by atoms with Crippen LogP contribution in [0.1, 0.15) is 85.4 Å². The molecular weight excluding hydrogens is 718 g/mol. The lowest BCUT2D eigenvalue weighted by molar-refractivity contribution is -0.385. The minimum absolute atomic E-state index is 0.00140. The highest BCUT2D eigenvalue weighted by Crippen LogP contribution is 2.47. The van der Waals surface area contributed by atoms with Crippen LogP contribution in [-0.2, 0) is 27.2 Å². The fourth-order valence-electron chi connectivity index (χ4n) is 7.09. The number of aliphatic hydroxyl groups is 1. The molecule has 0 saturated heterocycles. The molecule has 284 valence electrons. The minimum Gasteiger partial charge on any atom is -0.507 e. The molecule has 17 nitrogen and oxygen atoms in total. The van der Waals surface area contributed by atoms with E-state index in [1.165, 1.54) is 43.5 Å². The Morgan fingerprint density at radius 1 is 0.964 bits per heavy atom. The van der Waals surface area contributed by atoms with Crippen molar-refractivity contribution in [3.05, 3.63) is 97.6 Å². The van der Waals surface area contributed by atoms with Gasteiger partial charge in [0, 0.05) is 59.5 Å². The van der Waals surface area contributed by atoms with Gasteiger partial charge in [0.25, 0.3) is 23.4 Å². The van der Waals surface area contributed by atoms with Gasteiger partial charge in [-0.3, -0.25) is 43.8 Å². The summed E-state index contributed by atoms with van der Waals surface area (Å²) in [5, 5.41) is 51.3. The van der Waals surface area contributed by atoms with Gasteiger partial charge in [0.1, 0.15) is 22.8 Å². The Morgan fingerprint density at radius 2 is 1.67 bits per heavy atom. The molecule has 0 radical (unpaired) electrons. The van der Waals surface area contributed by atoms with Crippen LogP contribution in [0, 0.1) is 16.0 Å². The Morgan fingerprint density at radius 3 is 2.36 bits per heavy atom. The molecule has 3 aliphatic rings. The third-order valence-electron chi connectivity index (χ3n) is 9.87. The molecule has 2 aliphatic carbocycles. The number of unbranched alkanes of at least 4 members (excludes halogenated alkanes) is 2. The molecule has 3 aromatic carbocycles. The van der Waals surface area contributed by atoms with Gasteiger partial charge in [-0.2, -0.15) is 5.10 Å². The van der Waals surface area contributed by atoms with Gasteiger partial charge in [-0.15, -0.1) is 0 Å². The monoisotopic (exact) mass is 753 g/mol. The van der Waals surface area contributed by atoms with Gasteiger partial charge in [0.15, 0.2) is 5.78 Å². The first kappa shape index (κ1) is 38.0. The molecular formula is C38H35N5O12. The predicted molar refractivity (Wildman–Crippen MR) is 193 cm³/mol. The van der Waals surface area contributed by atoms with E-state index in [0.29, 0.717) is 19.3 Å². The molecule has 1 unspecified atom stereocenters. The fourth-order valence-corrected chi connectivity index (χ4v) is 7.09. The first-order valence-corrected chi connectivity index (χ1v) is 17.3. The third kappa shape index (κ3) is 7.28. The van der Waals surface area contributed by atoms with Crippen LogP contribution in [0.15, 0.2) is 53.7 Å². The van der Waals surface area contributed by atoms with Crippen LogP contribution in [0.4, 0.5) is 11.4 Å². The average Bonchev–Trinajstić information content (AvgIpc) is 3.50. The summed E-state index contributed by atoms with van der Waals surface area (Å²) in [5.41, 5.74) is 1.07. The molecule has 1 atom stereocenters. The van der Waals surface area contributed by atoms with Gasteiger partial charge in [0.05, 0.1) is 41.0 Å². The SMILES string of the molecule is COc1cccc2c1C(=O)c1c(O)c3c(c(O)c1C2=O)CC(/C(CO)=N/NC(=O)c1ccc(NC(=O)CCCCCN2C(=O)C=CC2=O)cc1[N+](=O)[O-])CC3. The standard InChI is InChI=1S/C38H35N5O12/c1-55-27-7-5-6-23-31(27)37(51)33-32(35(23)49)36(50)24-16-19(9-11-21(24)34(33)48)25(18-44)40-41-38(52)22-12-10-20(17-26(22)43(53)54)39-28(45)8-3-2-4-15-42-29(46)13-14-30(42)47/h5-7,10,12-14,17,19,44,48,50H,2-4,8-9,11,15-16,18H2,1H3,(H,39,45)(H,41,52)/b40-25+. The normalized spacial score (nSPS) is 16.1. The van der Waals surface area contributed by atoms with Crippen molar-refractivity contribution < 1.29 is 53.7 Å². The van der Waals surface area contributed by atoms with Crippen molar-refractivity contribution in [3.8, 4) is 17.2 Å². The molecule has 17 heteroatoms. The summed E-state index contributed by atoms with van der Waals surface area (Å²) in [6.45, 7) is -0.421. The number of phenols is 2. The summed E-state index contributed by atoms with van der Waals surface area (Å²) in [6, 6.07) is 7.92. The largest absolute Gasteiger partial charge is 0.507 e. The number of carbonyl (C=O) groups is 6. The number of imide groups is 1. The average molecular weight is 754 g/mol. The van der Waals surface area contributed by atoms with E-state index in [1.54, 1.807) is 0 Å². The maximum Gasteiger partial charge on any atom is 0.284 e. The van der Waals surface area contributed by atoms with Gasteiger partial charge in [-0.05, 0) is 50.3 Å². The summed E-state index contributed by atoms with van der Waals surface area (Å²) in [7, 11) is 1.34.